The Hall–Kier alpha value is -1.86. The summed E-state index contributed by atoms with van der Waals surface area (Å²) in [7, 11) is -3.61. The highest BCUT2D eigenvalue weighted by Gasteiger charge is 2.28. The molecule has 1 aliphatic rings. The molecule has 1 saturated heterocycles. The molecule has 29 heavy (non-hydrogen) atoms. The molecular formula is C21H22Cl2N2O3S. The monoisotopic (exact) mass is 452 g/mol. The smallest absolute Gasteiger partial charge is 0.243 e. The second-order valence-electron chi connectivity index (χ2n) is 6.72. The summed E-state index contributed by atoms with van der Waals surface area (Å²) < 4.78 is 27.6. The minimum Gasteiger partial charge on any atom is -0.369 e. The van der Waals surface area contributed by atoms with Crippen LogP contribution in [0.2, 0.25) is 10.0 Å². The fourth-order valence-electron chi connectivity index (χ4n) is 3.10. The van der Waals surface area contributed by atoms with Crippen LogP contribution < -0.4 is 4.90 Å². The summed E-state index contributed by atoms with van der Waals surface area (Å²) >= 11 is 12.1. The summed E-state index contributed by atoms with van der Waals surface area (Å²) in [6.45, 7) is 3.64. The Balaban J connectivity index is 1.72. The lowest BCUT2D eigenvalue weighted by Crippen LogP contribution is -2.48. The standard InChI is InChI=1S/C21H22Cl2N2O3S/c1-2-18(26)8-6-16-4-3-5-19(14-16)29(27,28)25-12-10-24(11-13-25)17-7-9-20(22)21(23)15-17/h3-9,14-15H,2,10-13H2,1H3/b8-6+. The van der Waals surface area contributed by atoms with Crippen molar-refractivity contribution in [1.29, 1.82) is 0 Å². The van der Waals surface area contributed by atoms with E-state index in [-0.39, 0.29) is 10.7 Å². The third-order valence-corrected chi connectivity index (χ3v) is 7.45. The molecule has 3 rings (SSSR count). The third kappa shape index (κ3) is 5.20. The first-order valence-electron chi connectivity index (χ1n) is 9.32. The second-order valence-corrected chi connectivity index (χ2v) is 9.47. The number of nitrogens with zero attached hydrogens (tertiary/aromatic N) is 2. The zero-order chi connectivity index (χ0) is 21.0. The molecule has 2 aromatic rings. The molecule has 0 N–H and O–H groups in total. The van der Waals surface area contributed by atoms with E-state index in [0.717, 1.165) is 5.69 Å². The Labute approximate surface area is 181 Å². The SMILES string of the molecule is CCC(=O)/C=C/c1cccc(S(=O)(=O)N2CCN(c3ccc(Cl)c(Cl)c3)CC2)c1. The number of allylic oxidation sites excluding steroid dienone is 1. The molecule has 154 valence electrons. The highest BCUT2D eigenvalue weighted by molar-refractivity contribution is 7.89. The van der Waals surface area contributed by atoms with E-state index in [4.69, 9.17) is 23.2 Å². The molecule has 0 unspecified atom stereocenters. The molecule has 1 fully saturated rings. The van der Waals surface area contributed by atoms with Gasteiger partial charge in [0.05, 0.1) is 14.9 Å². The van der Waals surface area contributed by atoms with Crippen LogP contribution in [0.1, 0.15) is 18.9 Å². The summed E-state index contributed by atoms with van der Waals surface area (Å²) in [6.07, 6.45) is 3.53. The summed E-state index contributed by atoms with van der Waals surface area (Å²) in [5.74, 6) is -0.00307. The van der Waals surface area contributed by atoms with E-state index in [0.29, 0.717) is 48.2 Å². The quantitative estimate of drug-likeness (QED) is 0.605. The van der Waals surface area contributed by atoms with Crippen LogP contribution in [0.3, 0.4) is 0 Å². The topological polar surface area (TPSA) is 57.7 Å². The first-order chi connectivity index (χ1) is 13.8. The number of piperazine rings is 1. The number of sulfonamides is 1. The van der Waals surface area contributed by atoms with Crippen molar-refractivity contribution in [1.82, 2.24) is 4.31 Å². The minimum absolute atomic E-state index is 0.00307. The van der Waals surface area contributed by atoms with Gasteiger partial charge in [0, 0.05) is 38.3 Å². The van der Waals surface area contributed by atoms with Crippen molar-refractivity contribution >= 4 is 50.8 Å². The maximum Gasteiger partial charge on any atom is 0.243 e. The molecule has 0 amide bonds. The van der Waals surface area contributed by atoms with E-state index >= 15 is 0 Å². The molecule has 8 heteroatoms. The molecule has 5 nitrogen and oxygen atoms in total. The van der Waals surface area contributed by atoms with E-state index in [2.05, 4.69) is 4.90 Å². The van der Waals surface area contributed by atoms with E-state index in [1.807, 2.05) is 6.07 Å². The van der Waals surface area contributed by atoms with Crippen molar-refractivity contribution in [2.45, 2.75) is 18.2 Å². The summed E-state index contributed by atoms with van der Waals surface area (Å²) in [6, 6.07) is 12.1. The maximum atomic E-state index is 13.1. The van der Waals surface area contributed by atoms with Crippen molar-refractivity contribution in [3.63, 3.8) is 0 Å². The highest BCUT2D eigenvalue weighted by Crippen LogP contribution is 2.28. The van der Waals surface area contributed by atoms with Crippen LogP contribution in [-0.2, 0) is 14.8 Å². The number of halogens is 2. The lowest BCUT2D eigenvalue weighted by atomic mass is 10.2. The third-order valence-electron chi connectivity index (χ3n) is 4.81. The number of carbonyl (C=O) groups excluding carboxylic acids is 1. The average molecular weight is 453 g/mol. The Morgan fingerprint density at radius 2 is 1.76 bits per heavy atom. The Morgan fingerprint density at radius 3 is 2.41 bits per heavy atom. The van der Waals surface area contributed by atoms with Crippen molar-refractivity contribution in [3.8, 4) is 0 Å². The predicted octanol–water partition coefficient (Wildman–Crippen LogP) is 4.50. The molecule has 0 atom stereocenters. The van der Waals surface area contributed by atoms with Crippen LogP contribution >= 0.6 is 23.2 Å². The van der Waals surface area contributed by atoms with Gasteiger partial charge >= 0.3 is 0 Å². The summed E-state index contributed by atoms with van der Waals surface area (Å²) in [5.41, 5.74) is 1.60. The Kier molecular flexibility index (Phi) is 7.01. The van der Waals surface area contributed by atoms with Crippen molar-refractivity contribution < 1.29 is 13.2 Å². The van der Waals surface area contributed by atoms with Crippen LogP contribution in [0.5, 0.6) is 0 Å². The zero-order valence-corrected chi connectivity index (χ0v) is 18.3. The van der Waals surface area contributed by atoms with Crippen molar-refractivity contribution in [3.05, 3.63) is 64.1 Å². The fourth-order valence-corrected chi connectivity index (χ4v) is 4.87. The number of hydrogen-bond donors (Lipinski definition) is 0. The first kappa shape index (κ1) is 21.8. The summed E-state index contributed by atoms with van der Waals surface area (Å²) in [4.78, 5) is 13.8. The number of rotatable bonds is 6. The van der Waals surface area contributed by atoms with Gasteiger partial charge in [0.1, 0.15) is 0 Å². The normalized spacial score (nSPS) is 15.8. The average Bonchev–Trinajstić information content (AvgIpc) is 2.74. The van der Waals surface area contributed by atoms with Gasteiger partial charge in [0.2, 0.25) is 10.0 Å². The van der Waals surface area contributed by atoms with Gasteiger partial charge in [0.15, 0.2) is 5.78 Å². The predicted molar refractivity (Wildman–Crippen MR) is 118 cm³/mol. The van der Waals surface area contributed by atoms with Crippen LogP contribution in [-0.4, -0.2) is 44.7 Å². The number of carbonyl (C=O) groups is 1. The van der Waals surface area contributed by atoms with Gasteiger partial charge < -0.3 is 4.90 Å². The fraction of sp³-hybridized carbons (Fsp3) is 0.286. The lowest BCUT2D eigenvalue weighted by Gasteiger charge is -2.35. The van der Waals surface area contributed by atoms with Gasteiger partial charge in [-0.1, -0.05) is 48.3 Å². The molecule has 0 bridgehead atoms. The van der Waals surface area contributed by atoms with Gasteiger partial charge in [-0.05, 0) is 42.0 Å². The molecule has 0 aliphatic carbocycles. The molecular weight excluding hydrogens is 431 g/mol. The lowest BCUT2D eigenvalue weighted by molar-refractivity contribution is -0.114. The molecule has 0 spiro atoms. The van der Waals surface area contributed by atoms with Crippen LogP contribution in [0.4, 0.5) is 5.69 Å². The first-order valence-corrected chi connectivity index (χ1v) is 11.5. The van der Waals surface area contributed by atoms with Gasteiger partial charge in [-0.2, -0.15) is 4.31 Å². The Morgan fingerprint density at radius 1 is 1.03 bits per heavy atom. The van der Waals surface area contributed by atoms with E-state index in [1.54, 1.807) is 49.4 Å². The maximum absolute atomic E-state index is 13.1. The van der Waals surface area contributed by atoms with Gasteiger partial charge in [-0.3, -0.25) is 4.79 Å². The van der Waals surface area contributed by atoms with E-state index in [1.165, 1.54) is 10.4 Å². The van der Waals surface area contributed by atoms with E-state index in [9.17, 15) is 13.2 Å². The van der Waals surface area contributed by atoms with Crippen LogP contribution in [0.25, 0.3) is 6.08 Å². The molecule has 0 radical (unpaired) electrons. The summed E-state index contributed by atoms with van der Waals surface area (Å²) in [5, 5.41) is 0.969. The number of anilines is 1. The second kappa shape index (κ2) is 9.30. The van der Waals surface area contributed by atoms with Crippen LogP contribution in [0.15, 0.2) is 53.4 Å². The van der Waals surface area contributed by atoms with Gasteiger partial charge in [0.25, 0.3) is 0 Å². The molecule has 2 aromatic carbocycles. The molecule has 1 heterocycles. The largest absolute Gasteiger partial charge is 0.369 e. The highest BCUT2D eigenvalue weighted by atomic mass is 35.5. The Bertz CT molecular complexity index is 1030. The van der Waals surface area contributed by atoms with Crippen molar-refractivity contribution in [2.24, 2.45) is 0 Å². The molecule has 0 saturated carbocycles. The molecule has 0 aromatic heterocycles. The number of ketones is 1. The van der Waals surface area contributed by atoms with E-state index < -0.39 is 10.0 Å². The van der Waals surface area contributed by atoms with Crippen LogP contribution in [0, 0.1) is 0 Å². The minimum atomic E-state index is -3.61. The van der Waals surface area contributed by atoms with Gasteiger partial charge in [-0.25, -0.2) is 8.42 Å². The van der Waals surface area contributed by atoms with Crippen molar-refractivity contribution in [2.75, 3.05) is 31.1 Å². The molecule has 1 aliphatic heterocycles. The van der Waals surface area contributed by atoms with Gasteiger partial charge in [-0.15, -0.1) is 0 Å². The number of benzene rings is 2. The zero-order valence-electron chi connectivity index (χ0n) is 16.0. The number of hydrogen-bond acceptors (Lipinski definition) is 4.